The summed E-state index contributed by atoms with van der Waals surface area (Å²) in [7, 11) is 0. The highest BCUT2D eigenvalue weighted by molar-refractivity contribution is 6.06. The molecule has 196 valence electrons. The van der Waals surface area contributed by atoms with Crippen LogP contribution in [0.3, 0.4) is 0 Å². The first-order chi connectivity index (χ1) is 17.4. The number of para-hydroxylation sites is 1. The van der Waals surface area contributed by atoms with Crippen LogP contribution < -0.4 is 5.32 Å². The molecule has 1 aromatic heterocycles. The van der Waals surface area contributed by atoms with Crippen molar-refractivity contribution in [3.8, 4) is 5.69 Å². The van der Waals surface area contributed by atoms with Gasteiger partial charge in [-0.2, -0.15) is 13.2 Å². The third-order valence-corrected chi connectivity index (χ3v) is 5.03. The summed E-state index contributed by atoms with van der Waals surface area (Å²) in [5.41, 5.74) is 1.57. The van der Waals surface area contributed by atoms with Crippen LogP contribution in [0.5, 0.6) is 0 Å². The SMILES string of the molecule is C=C/C(=C/C(=C)C)C(=O)/C=C/C=C(\C=C)NC(=O)c1cc(C)n(-c2ccccc2C(F)(F)F)c1C.CC. The molecule has 0 saturated carbocycles. The Hall–Kier alpha value is -4.13. The number of aryl methyl sites for hydroxylation is 1. The maximum absolute atomic E-state index is 13.5. The molecule has 0 fully saturated rings. The van der Waals surface area contributed by atoms with Crippen LogP contribution >= 0.6 is 0 Å². The van der Waals surface area contributed by atoms with Crippen LogP contribution in [0.1, 0.15) is 48.1 Å². The lowest BCUT2D eigenvalue weighted by Gasteiger charge is -2.16. The number of nitrogens with zero attached hydrogens (tertiary/aromatic N) is 1. The normalized spacial score (nSPS) is 12.0. The molecule has 0 aliphatic heterocycles. The number of nitrogens with one attached hydrogen (secondary N) is 1. The lowest BCUT2D eigenvalue weighted by atomic mass is 10.1. The van der Waals surface area contributed by atoms with E-state index >= 15 is 0 Å². The highest BCUT2D eigenvalue weighted by Crippen LogP contribution is 2.35. The maximum Gasteiger partial charge on any atom is 0.418 e. The minimum absolute atomic E-state index is 0.0594. The predicted octanol–water partition coefficient (Wildman–Crippen LogP) is 7.75. The number of allylic oxidation sites excluding steroid dienone is 8. The molecule has 37 heavy (non-hydrogen) atoms. The average Bonchev–Trinajstić information content (AvgIpc) is 3.15. The fourth-order valence-corrected chi connectivity index (χ4v) is 3.46. The van der Waals surface area contributed by atoms with Gasteiger partial charge in [0.2, 0.25) is 0 Å². The zero-order valence-corrected chi connectivity index (χ0v) is 21.9. The molecule has 2 aromatic rings. The van der Waals surface area contributed by atoms with Crippen molar-refractivity contribution in [1.82, 2.24) is 9.88 Å². The van der Waals surface area contributed by atoms with Crippen LogP contribution in [0.4, 0.5) is 13.2 Å². The number of carbonyl (C=O) groups excluding carboxylic acids is 2. The molecule has 0 spiro atoms. The number of ketones is 1. The van der Waals surface area contributed by atoms with Gasteiger partial charge in [-0.1, -0.05) is 63.4 Å². The molecule has 0 saturated heterocycles. The zero-order valence-electron chi connectivity index (χ0n) is 21.9. The summed E-state index contributed by atoms with van der Waals surface area (Å²) < 4.78 is 42.0. The third kappa shape index (κ3) is 8.20. The molecule has 4 nitrogen and oxygen atoms in total. The Labute approximate surface area is 216 Å². The largest absolute Gasteiger partial charge is 0.418 e. The van der Waals surface area contributed by atoms with Gasteiger partial charge in [-0.25, -0.2) is 0 Å². The van der Waals surface area contributed by atoms with E-state index in [-0.39, 0.29) is 17.0 Å². The van der Waals surface area contributed by atoms with E-state index in [9.17, 15) is 22.8 Å². The van der Waals surface area contributed by atoms with Crippen molar-refractivity contribution in [1.29, 1.82) is 0 Å². The van der Waals surface area contributed by atoms with Gasteiger partial charge in [0.05, 0.1) is 16.8 Å². The average molecular weight is 511 g/mol. The van der Waals surface area contributed by atoms with Crippen LogP contribution in [0.25, 0.3) is 5.69 Å². The first-order valence-corrected chi connectivity index (χ1v) is 11.6. The van der Waals surface area contributed by atoms with Crippen molar-refractivity contribution in [2.45, 2.75) is 40.8 Å². The van der Waals surface area contributed by atoms with Gasteiger partial charge in [0.15, 0.2) is 5.78 Å². The van der Waals surface area contributed by atoms with Crippen LogP contribution in [0, 0.1) is 13.8 Å². The summed E-state index contributed by atoms with van der Waals surface area (Å²) in [6, 6.07) is 6.72. The highest BCUT2D eigenvalue weighted by atomic mass is 19.4. The fraction of sp³-hybridized carbons (Fsp3) is 0.200. The van der Waals surface area contributed by atoms with E-state index in [2.05, 4.69) is 25.1 Å². The van der Waals surface area contributed by atoms with Gasteiger partial charge < -0.3 is 9.88 Å². The molecule has 7 heteroatoms. The number of alkyl halides is 3. The van der Waals surface area contributed by atoms with E-state index < -0.39 is 17.6 Å². The van der Waals surface area contributed by atoms with Crippen molar-refractivity contribution < 1.29 is 22.8 Å². The van der Waals surface area contributed by atoms with Gasteiger partial charge in [-0.3, -0.25) is 9.59 Å². The van der Waals surface area contributed by atoms with E-state index in [1.54, 1.807) is 26.8 Å². The molecular weight excluding hydrogens is 477 g/mol. The minimum atomic E-state index is -4.55. The number of aromatic nitrogens is 1. The molecule has 0 atom stereocenters. The van der Waals surface area contributed by atoms with Crippen LogP contribution in [-0.2, 0) is 11.0 Å². The van der Waals surface area contributed by atoms with Crippen LogP contribution in [-0.4, -0.2) is 16.3 Å². The second kappa shape index (κ2) is 13.8. The van der Waals surface area contributed by atoms with Crippen molar-refractivity contribution >= 4 is 11.7 Å². The Morgan fingerprint density at radius 3 is 2.22 bits per heavy atom. The van der Waals surface area contributed by atoms with Gasteiger partial charge in [0, 0.05) is 22.7 Å². The van der Waals surface area contributed by atoms with Crippen LogP contribution in [0.15, 0.2) is 103 Å². The monoisotopic (exact) mass is 510 g/mol. The Balaban J connectivity index is 0.00000334. The molecular formula is C30H33F3N2O2. The van der Waals surface area contributed by atoms with Crippen molar-refractivity contribution in [3.05, 3.63) is 126 Å². The van der Waals surface area contributed by atoms with E-state index in [0.717, 1.165) is 6.07 Å². The molecule has 0 aliphatic carbocycles. The predicted molar refractivity (Wildman–Crippen MR) is 145 cm³/mol. The van der Waals surface area contributed by atoms with E-state index in [1.165, 1.54) is 59.2 Å². The van der Waals surface area contributed by atoms with Gasteiger partial charge in [0.1, 0.15) is 0 Å². The molecule has 1 aromatic carbocycles. The number of carbonyl (C=O) groups is 2. The highest BCUT2D eigenvalue weighted by Gasteiger charge is 2.34. The Kier molecular flexibility index (Phi) is 11.5. The van der Waals surface area contributed by atoms with Gasteiger partial charge in [-0.05, 0) is 63.3 Å². The number of hydrogen-bond acceptors (Lipinski definition) is 2. The number of rotatable bonds is 9. The summed E-state index contributed by atoms with van der Waals surface area (Å²) in [6.45, 7) is 20.0. The summed E-state index contributed by atoms with van der Waals surface area (Å²) in [5, 5.41) is 2.67. The van der Waals surface area contributed by atoms with Gasteiger partial charge in [0.25, 0.3) is 5.91 Å². The second-order valence-corrected chi connectivity index (χ2v) is 7.79. The molecule has 1 amide bonds. The quantitative estimate of drug-likeness (QED) is 0.277. The van der Waals surface area contributed by atoms with Crippen molar-refractivity contribution in [2.75, 3.05) is 0 Å². The first kappa shape index (κ1) is 30.9. The molecule has 1 heterocycles. The molecule has 0 bridgehead atoms. The standard InChI is InChI=1S/C28H27F3N2O2.C2H6/c1-7-21(16-18(3)4)26(34)15-11-12-22(8-2)32-27(35)23-17-19(5)33(20(23)6)25-14-10-9-13-24(25)28(29,30)31;1-2/h7-17H,1-3H2,4-6H3,(H,32,35);1-2H3/b15-11+,21-16-,22-12+;. The summed E-state index contributed by atoms with van der Waals surface area (Å²) >= 11 is 0. The number of halogens is 3. The van der Waals surface area contributed by atoms with Crippen molar-refractivity contribution in [3.63, 3.8) is 0 Å². The van der Waals surface area contributed by atoms with E-state index in [0.29, 0.717) is 28.2 Å². The van der Waals surface area contributed by atoms with E-state index in [1.807, 2.05) is 13.8 Å². The van der Waals surface area contributed by atoms with Gasteiger partial charge >= 0.3 is 6.18 Å². The number of hydrogen-bond donors (Lipinski definition) is 1. The molecule has 0 radical (unpaired) electrons. The second-order valence-electron chi connectivity index (χ2n) is 7.79. The lowest BCUT2D eigenvalue weighted by molar-refractivity contribution is -0.137. The molecule has 1 N–H and O–H groups in total. The Morgan fingerprint density at radius 1 is 1.05 bits per heavy atom. The van der Waals surface area contributed by atoms with Crippen LogP contribution in [0.2, 0.25) is 0 Å². The smallest absolute Gasteiger partial charge is 0.322 e. The van der Waals surface area contributed by atoms with Gasteiger partial charge in [-0.15, -0.1) is 0 Å². The lowest BCUT2D eigenvalue weighted by Crippen LogP contribution is -2.22. The third-order valence-electron chi connectivity index (χ3n) is 5.03. The summed E-state index contributed by atoms with van der Waals surface area (Å²) in [6.07, 6.45) is 4.13. The Bertz CT molecular complexity index is 1270. The topological polar surface area (TPSA) is 51.1 Å². The zero-order chi connectivity index (χ0) is 28.3. The number of amides is 1. The Morgan fingerprint density at radius 2 is 1.68 bits per heavy atom. The number of benzene rings is 1. The fourth-order valence-electron chi connectivity index (χ4n) is 3.46. The summed E-state index contributed by atoms with van der Waals surface area (Å²) in [4.78, 5) is 25.2. The molecule has 0 aliphatic rings. The first-order valence-electron chi connectivity index (χ1n) is 11.6. The van der Waals surface area contributed by atoms with E-state index in [4.69, 9.17) is 0 Å². The molecule has 2 rings (SSSR count). The minimum Gasteiger partial charge on any atom is -0.322 e. The molecule has 0 unspecified atom stereocenters. The summed E-state index contributed by atoms with van der Waals surface area (Å²) in [5.74, 6) is -0.811. The van der Waals surface area contributed by atoms with Crippen molar-refractivity contribution in [2.24, 2.45) is 0 Å². The maximum atomic E-state index is 13.5.